The van der Waals surface area contributed by atoms with Crippen LogP contribution in [0.15, 0.2) is 66.7 Å². The van der Waals surface area contributed by atoms with Crippen LogP contribution in [-0.2, 0) is 9.53 Å². The van der Waals surface area contributed by atoms with Crippen molar-refractivity contribution in [1.29, 1.82) is 0 Å². The van der Waals surface area contributed by atoms with Crippen molar-refractivity contribution in [3.63, 3.8) is 0 Å². The van der Waals surface area contributed by atoms with Crippen molar-refractivity contribution in [3.05, 3.63) is 72.3 Å². The van der Waals surface area contributed by atoms with Gasteiger partial charge in [-0.15, -0.1) is 10.2 Å². The summed E-state index contributed by atoms with van der Waals surface area (Å²) in [6, 6.07) is 21.0. The average molecular weight is 559 g/mol. The fourth-order valence-electron chi connectivity index (χ4n) is 5.17. The number of carbonyl (C=O) groups excluding carboxylic acids is 2. The third kappa shape index (κ3) is 7.59. The first-order valence-corrected chi connectivity index (χ1v) is 14.3. The Morgan fingerprint density at radius 1 is 0.878 bits per heavy atom. The van der Waals surface area contributed by atoms with Crippen molar-refractivity contribution in [2.45, 2.75) is 6.42 Å². The second-order valence-corrected chi connectivity index (χ2v) is 10.3. The van der Waals surface area contributed by atoms with E-state index in [9.17, 15) is 9.59 Å². The molecule has 0 N–H and O–H groups in total. The zero-order valence-electron chi connectivity index (χ0n) is 23.7. The Hall–Kier alpha value is -4.02. The lowest BCUT2D eigenvalue weighted by Crippen LogP contribution is -2.47. The molecule has 0 saturated carbocycles. The number of rotatable bonds is 9. The molecule has 0 radical (unpaired) electrons. The van der Waals surface area contributed by atoms with Gasteiger partial charge in [-0.25, -0.2) is 0 Å². The van der Waals surface area contributed by atoms with Gasteiger partial charge in [0.05, 0.1) is 26.0 Å². The second-order valence-electron chi connectivity index (χ2n) is 10.3. The summed E-state index contributed by atoms with van der Waals surface area (Å²) >= 11 is 0. The van der Waals surface area contributed by atoms with Crippen LogP contribution in [0.5, 0.6) is 5.75 Å². The lowest BCUT2D eigenvalue weighted by atomic mass is 10.1. The Kier molecular flexibility index (Phi) is 9.77. The van der Waals surface area contributed by atoms with Gasteiger partial charge in [0.2, 0.25) is 5.91 Å². The Morgan fingerprint density at radius 2 is 1.66 bits per heavy atom. The summed E-state index contributed by atoms with van der Waals surface area (Å²) in [5.74, 6) is 1.30. The van der Waals surface area contributed by atoms with Crippen LogP contribution in [0.25, 0.3) is 11.3 Å². The molecule has 0 bridgehead atoms. The molecule has 2 aliphatic rings. The summed E-state index contributed by atoms with van der Waals surface area (Å²) in [5, 5.41) is 8.90. The maximum atomic E-state index is 13.5. The van der Waals surface area contributed by atoms with Gasteiger partial charge in [-0.05, 0) is 42.8 Å². The van der Waals surface area contributed by atoms with E-state index >= 15 is 0 Å². The topological polar surface area (TPSA) is 91.3 Å². The van der Waals surface area contributed by atoms with Crippen molar-refractivity contribution in [3.8, 4) is 17.0 Å². The fraction of sp³-hybridized carbons (Fsp3) is 0.419. The highest BCUT2D eigenvalue weighted by Gasteiger charge is 2.25. The van der Waals surface area contributed by atoms with Crippen molar-refractivity contribution in [2.75, 3.05) is 84.1 Å². The molecule has 41 heavy (non-hydrogen) atoms. The largest absolute Gasteiger partial charge is 0.497 e. The molecule has 216 valence electrons. The number of ether oxygens (including phenoxy) is 2. The van der Waals surface area contributed by atoms with Crippen LogP contribution in [0.2, 0.25) is 0 Å². The first-order chi connectivity index (χ1) is 20.1. The van der Waals surface area contributed by atoms with Crippen LogP contribution in [0.4, 0.5) is 5.82 Å². The summed E-state index contributed by atoms with van der Waals surface area (Å²) in [6.45, 7) is 6.90. The highest BCUT2D eigenvalue weighted by atomic mass is 16.5. The third-order valence-corrected chi connectivity index (χ3v) is 7.63. The smallest absolute Gasteiger partial charge is 0.254 e. The molecule has 3 heterocycles. The molecule has 0 unspecified atom stereocenters. The molecule has 5 rings (SSSR count). The zero-order chi connectivity index (χ0) is 28.4. The normalized spacial score (nSPS) is 16.2. The Balaban J connectivity index is 1.21. The van der Waals surface area contributed by atoms with Crippen LogP contribution in [-0.4, -0.2) is 116 Å². The predicted octanol–water partition coefficient (Wildman–Crippen LogP) is 2.67. The molecule has 1 aromatic heterocycles. The first kappa shape index (κ1) is 28.5. The van der Waals surface area contributed by atoms with Crippen molar-refractivity contribution < 1.29 is 19.1 Å². The molecule has 2 fully saturated rings. The molecule has 2 aliphatic heterocycles. The van der Waals surface area contributed by atoms with Crippen LogP contribution in [0, 0.1) is 0 Å². The monoisotopic (exact) mass is 558 g/mol. The predicted molar refractivity (Wildman–Crippen MR) is 157 cm³/mol. The molecule has 2 amide bonds. The van der Waals surface area contributed by atoms with Crippen LogP contribution < -0.4 is 9.64 Å². The maximum Gasteiger partial charge on any atom is 0.254 e. The number of benzene rings is 2. The number of nitrogens with zero attached hydrogens (tertiary/aromatic N) is 6. The highest BCUT2D eigenvalue weighted by molar-refractivity contribution is 5.96. The standard InChI is InChI=1S/C31H38N6O4/c1-40-27-10-8-26(9-11-27)31(39)37(17-16-34-20-22-41-23-21-34)24-30(38)36-15-5-14-35(18-19-36)29-13-12-28(32-33-29)25-6-3-2-4-7-25/h2-4,6-13H,5,14-24H2,1H3. The summed E-state index contributed by atoms with van der Waals surface area (Å²) in [5.41, 5.74) is 2.40. The molecule has 0 spiro atoms. The number of hydrogen-bond donors (Lipinski definition) is 0. The van der Waals surface area contributed by atoms with Gasteiger partial charge in [0.1, 0.15) is 12.3 Å². The molecule has 3 aromatic rings. The summed E-state index contributed by atoms with van der Waals surface area (Å²) in [6.07, 6.45) is 0.814. The lowest BCUT2D eigenvalue weighted by molar-refractivity contribution is -0.131. The van der Waals surface area contributed by atoms with E-state index in [2.05, 4.69) is 20.0 Å². The molecule has 2 aromatic carbocycles. The van der Waals surface area contributed by atoms with Gasteiger partial charge in [0, 0.05) is 63.5 Å². The summed E-state index contributed by atoms with van der Waals surface area (Å²) in [4.78, 5) is 35.0. The number of anilines is 1. The minimum Gasteiger partial charge on any atom is -0.497 e. The van der Waals surface area contributed by atoms with Gasteiger partial charge in [0.25, 0.3) is 5.91 Å². The summed E-state index contributed by atoms with van der Waals surface area (Å²) in [7, 11) is 1.60. The van der Waals surface area contributed by atoms with E-state index in [1.54, 1.807) is 36.3 Å². The third-order valence-electron chi connectivity index (χ3n) is 7.63. The fourth-order valence-corrected chi connectivity index (χ4v) is 5.17. The van der Waals surface area contributed by atoms with E-state index in [1.807, 2.05) is 47.4 Å². The van der Waals surface area contributed by atoms with Gasteiger partial charge in [0.15, 0.2) is 5.82 Å². The van der Waals surface area contributed by atoms with Crippen molar-refractivity contribution in [1.82, 2.24) is 24.9 Å². The SMILES string of the molecule is COc1ccc(C(=O)N(CCN2CCOCC2)CC(=O)N2CCCN(c3ccc(-c4ccccc4)nn3)CC2)cc1. The summed E-state index contributed by atoms with van der Waals surface area (Å²) < 4.78 is 10.7. The average Bonchev–Trinajstić information content (AvgIpc) is 3.30. The Labute approximate surface area is 241 Å². The van der Waals surface area contributed by atoms with E-state index in [0.29, 0.717) is 57.3 Å². The van der Waals surface area contributed by atoms with E-state index in [1.165, 1.54) is 0 Å². The lowest BCUT2D eigenvalue weighted by Gasteiger charge is -2.31. The van der Waals surface area contributed by atoms with Gasteiger partial charge in [-0.2, -0.15) is 0 Å². The molecule has 10 heteroatoms. The van der Waals surface area contributed by atoms with E-state index in [0.717, 1.165) is 43.1 Å². The van der Waals surface area contributed by atoms with Crippen molar-refractivity contribution >= 4 is 17.6 Å². The highest BCUT2D eigenvalue weighted by Crippen LogP contribution is 2.19. The maximum absolute atomic E-state index is 13.5. The van der Waals surface area contributed by atoms with E-state index in [4.69, 9.17) is 9.47 Å². The van der Waals surface area contributed by atoms with Crippen LogP contribution >= 0.6 is 0 Å². The second kappa shape index (κ2) is 14.0. The van der Waals surface area contributed by atoms with E-state index < -0.39 is 0 Å². The van der Waals surface area contributed by atoms with E-state index in [-0.39, 0.29) is 18.4 Å². The number of morpholine rings is 1. The quantitative estimate of drug-likeness (QED) is 0.396. The first-order valence-electron chi connectivity index (χ1n) is 14.3. The molecule has 2 saturated heterocycles. The molecular formula is C31H38N6O4. The van der Waals surface area contributed by atoms with Gasteiger partial charge < -0.3 is 24.2 Å². The van der Waals surface area contributed by atoms with Crippen LogP contribution in [0.1, 0.15) is 16.8 Å². The minimum absolute atomic E-state index is 0.0406. The molecule has 10 nitrogen and oxygen atoms in total. The van der Waals surface area contributed by atoms with Gasteiger partial charge in [-0.3, -0.25) is 14.5 Å². The minimum atomic E-state index is -0.153. The Bertz CT molecular complexity index is 1270. The number of carbonyl (C=O) groups is 2. The van der Waals surface area contributed by atoms with Crippen LogP contribution in [0.3, 0.4) is 0 Å². The number of aromatic nitrogens is 2. The number of hydrogen-bond acceptors (Lipinski definition) is 8. The molecular weight excluding hydrogens is 520 g/mol. The number of methoxy groups -OCH3 is 1. The van der Waals surface area contributed by atoms with Gasteiger partial charge >= 0.3 is 0 Å². The number of amides is 2. The molecule has 0 atom stereocenters. The van der Waals surface area contributed by atoms with Crippen molar-refractivity contribution in [2.24, 2.45) is 0 Å². The Morgan fingerprint density at radius 3 is 2.37 bits per heavy atom. The zero-order valence-corrected chi connectivity index (χ0v) is 23.7. The molecule has 0 aliphatic carbocycles. The van der Waals surface area contributed by atoms with Gasteiger partial charge in [-0.1, -0.05) is 30.3 Å².